The summed E-state index contributed by atoms with van der Waals surface area (Å²) in [6.45, 7) is -2.04. The molecule has 1 heterocycles. The quantitative estimate of drug-likeness (QED) is 0.772. The normalized spacial score (nSPS) is 14.9. The molecule has 124 valence electrons. The van der Waals surface area contributed by atoms with Crippen molar-refractivity contribution < 1.29 is 22.4 Å². The molecule has 7 heteroatoms. The predicted molar refractivity (Wildman–Crippen MR) is 81.8 cm³/mol. The molecule has 1 aliphatic rings. The number of fused-ring (bicyclic) bond motifs is 1. The zero-order valence-electron chi connectivity index (χ0n) is 12.3. The minimum atomic E-state index is -4.65. The minimum absolute atomic E-state index is 0.163. The van der Waals surface area contributed by atoms with Gasteiger partial charge < -0.3 is 0 Å². The number of anilines is 1. The van der Waals surface area contributed by atoms with Crippen LogP contribution in [0, 0.1) is 5.82 Å². The van der Waals surface area contributed by atoms with Gasteiger partial charge in [0.15, 0.2) is 0 Å². The second-order valence-electron chi connectivity index (χ2n) is 5.26. The third-order valence-electron chi connectivity index (χ3n) is 3.57. The molecule has 2 aromatic carbocycles. The van der Waals surface area contributed by atoms with Crippen molar-refractivity contribution in [1.29, 1.82) is 0 Å². The second kappa shape index (κ2) is 6.07. The maximum atomic E-state index is 14.3. The van der Waals surface area contributed by atoms with E-state index in [4.69, 9.17) is 0 Å². The number of alkyl halides is 3. The lowest BCUT2D eigenvalue weighted by Gasteiger charge is -2.24. The van der Waals surface area contributed by atoms with Gasteiger partial charge in [-0.3, -0.25) is 14.7 Å². The Labute approximate surface area is 135 Å². The van der Waals surface area contributed by atoms with Crippen LogP contribution >= 0.6 is 0 Å². The SMILES string of the molecule is O=C1CN=C(c2ccccc2)c2cccc(F)c2N1CC(F)(F)F. The Balaban J connectivity index is 2.18. The summed E-state index contributed by atoms with van der Waals surface area (Å²) >= 11 is 0. The summed E-state index contributed by atoms with van der Waals surface area (Å²) in [6.07, 6.45) is -4.65. The van der Waals surface area contributed by atoms with E-state index in [0.717, 1.165) is 6.07 Å². The molecule has 1 aliphatic heterocycles. The molecule has 0 saturated heterocycles. The van der Waals surface area contributed by atoms with Gasteiger partial charge in [0.05, 0.1) is 11.4 Å². The van der Waals surface area contributed by atoms with E-state index in [-0.39, 0.29) is 11.3 Å². The first kappa shape index (κ1) is 16.2. The average molecular weight is 336 g/mol. The van der Waals surface area contributed by atoms with E-state index in [9.17, 15) is 22.4 Å². The van der Waals surface area contributed by atoms with E-state index in [0.29, 0.717) is 16.2 Å². The molecule has 0 fully saturated rings. The molecule has 0 N–H and O–H groups in total. The molecule has 0 aliphatic carbocycles. The number of carbonyl (C=O) groups is 1. The van der Waals surface area contributed by atoms with Crippen LogP contribution in [0.15, 0.2) is 53.5 Å². The van der Waals surface area contributed by atoms with E-state index in [1.165, 1.54) is 12.1 Å². The largest absolute Gasteiger partial charge is 0.406 e. The third kappa shape index (κ3) is 3.15. The number of halogens is 4. The molecule has 24 heavy (non-hydrogen) atoms. The van der Waals surface area contributed by atoms with Gasteiger partial charge in [0.2, 0.25) is 5.91 Å². The van der Waals surface area contributed by atoms with Crippen LogP contribution in [0.3, 0.4) is 0 Å². The Morgan fingerprint density at radius 3 is 2.42 bits per heavy atom. The molecule has 2 aromatic rings. The number of hydrogen-bond donors (Lipinski definition) is 0. The van der Waals surface area contributed by atoms with Crippen LogP contribution in [-0.2, 0) is 4.79 Å². The highest BCUT2D eigenvalue weighted by atomic mass is 19.4. The summed E-state index contributed by atoms with van der Waals surface area (Å²) in [6, 6.07) is 12.5. The van der Waals surface area contributed by atoms with Crippen LogP contribution in [0.5, 0.6) is 0 Å². The molecule has 0 bridgehead atoms. The predicted octanol–water partition coefficient (Wildman–Crippen LogP) is 3.57. The molecule has 1 amide bonds. The summed E-state index contributed by atoms with van der Waals surface area (Å²) in [5.74, 6) is -1.79. The van der Waals surface area contributed by atoms with Crippen molar-refractivity contribution in [2.75, 3.05) is 18.0 Å². The Morgan fingerprint density at radius 1 is 1.04 bits per heavy atom. The smallest absolute Gasteiger partial charge is 0.298 e. The highest BCUT2D eigenvalue weighted by Gasteiger charge is 2.37. The molecular formula is C17H12F4N2O. The number of nitrogens with zero attached hydrogens (tertiary/aromatic N) is 2. The first-order valence-corrected chi connectivity index (χ1v) is 7.13. The number of para-hydroxylation sites is 1. The van der Waals surface area contributed by atoms with Crippen LogP contribution in [0.2, 0.25) is 0 Å². The van der Waals surface area contributed by atoms with Gasteiger partial charge in [-0.2, -0.15) is 13.2 Å². The molecule has 0 spiro atoms. The molecule has 0 aromatic heterocycles. The summed E-state index contributed by atoms with van der Waals surface area (Å²) in [5, 5.41) is 0. The fraction of sp³-hybridized carbons (Fsp3) is 0.176. The average Bonchev–Trinajstić information content (AvgIpc) is 2.66. The summed E-state index contributed by atoms with van der Waals surface area (Å²) < 4.78 is 52.8. The number of amides is 1. The molecule has 3 rings (SSSR count). The first-order chi connectivity index (χ1) is 11.4. The van der Waals surface area contributed by atoms with E-state index >= 15 is 0 Å². The van der Waals surface area contributed by atoms with Crippen LogP contribution in [0.4, 0.5) is 23.2 Å². The summed E-state index contributed by atoms with van der Waals surface area (Å²) in [5.41, 5.74) is 0.672. The second-order valence-corrected chi connectivity index (χ2v) is 5.26. The van der Waals surface area contributed by atoms with Crippen molar-refractivity contribution in [1.82, 2.24) is 0 Å². The van der Waals surface area contributed by atoms with Gasteiger partial charge in [0.25, 0.3) is 0 Å². The molecule has 0 radical (unpaired) electrons. The van der Waals surface area contributed by atoms with Crippen molar-refractivity contribution in [2.45, 2.75) is 6.18 Å². The lowest BCUT2D eigenvalue weighted by Crippen LogP contribution is -2.40. The Hall–Kier alpha value is -2.70. The van der Waals surface area contributed by atoms with Crippen LogP contribution < -0.4 is 4.90 Å². The number of rotatable bonds is 2. The van der Waals surface area contributed by atoms with E-state index in [2.05, 4.69) is 4.99 Å². The monoisotopic (exact) mass is 336 g/mol. The third-order valence-corrected chi connectivity index (χ3v) is 3.57. The van der Waals surface area contributed by atoms with Crippen molar-refractivity contribution >= 4 is 17.3 Å². The van der Waals surface area contributed by atoms with Crippen LogP contribution in [0.1, 0.15) is 11.1 Å². The maximum absolute atomic E-state index is 14.3. The molecule has 0 unspecified atom stereocenters. The maximum Gasteiger partial charge on any atom is 0.406 e. The zero-order chi connectivity index (χ0) is 17.3. The van der Waals surface area contributed by atoms with Gasteiger partial charge >= 0.3 is 6.18 Å². The zero-order valence-corrected chi connectivity index (χ0v) is 12.3. The Bertz CT molecular complexity index is 800. The first-order valence-electron chi connectivity index (χ1n) is 7.13. The van der Waals surface area contributed by atoms with Gasteiger partial charge in [-0.25, -0.2) is 4.39 Å². The fourth-order valence-electron chi connectivity index (χ4n) is 2.61. The van der Waals surface area contributed by atoms with Crippen LogP contribution in [0.25, 0.3) is 0 Å². The van der Waals surface area contributed by atoms with Crippen LogP contribution in [-0.4, -0.2) is 30.9 Å². The molecule has 3 nitrogen and oxygen atoms in total. The Morgan fingerprint density at radius 2 is 1.75 bits per heavy atom. The van der Waals surface area contributed by atoms with Gasteiger partial charge in [-0.15, -0.1) is 0 Å². The summed E-state index contributed by atoms with van der Waals surface area (Å²) in [4.78, 5) is 16.7. The topological polar surface area (TPSA) is 32.7 Å². The summed E-state index contributed by atoms with van der Waals surface area (Å²) in [7, 11) is 0. The van der Waals surface area contributed by atoms with Crippen molar-refractivity contribution in [3.8, 4) is 0 Å². The lowest BCUT2D eigenvalue weighted by atomic mass is 10.00. The fourth-order valence-corrected chi connectivity index (χ4v) is 2.61. The minimum Gasteiger partial charge on any atom is -0.298 e. The number of benzodiazepines with no additional fused rings is 1. The number of aliphatic imine (C=N–C) groups is 1. The lowest BCUT2D eigenvalue weighted by molar-refractivity contribution is -0.131. The highest BCUT2D eigenvalue weighted by molar-refractivity contribution is 6.19. The van der Waals surface area contributed by atoms with Crippen molar-refractivity contribution in [3.05, 3.63) is 65.5 Å². The molecular weight excluding hydrogens is 324 g/mol. The number of benzene rings is 2. The van der Waals surface area contributed by atoms with Crippen molar-refractivity contribution in [2.24, 2.45) is 4.99 Å². The van der Waals surface area contributed by atoms with Crippen molar-refractivity contribution in [3.63, 3.8) is 0 Å². The van der Waals surface area contributed by atoms with E-state index in [1.54, 1.807) is 30.3 Å². The Kier molecular flexibility index (Phi) is 4.09. The van der Waals surface area contributed by atoms with Gasteiger partial charge in [-0.05, 0) is 6.07 Å². The van der Waals surface area contributed by atoms with Gasteiger partial charge in [0.1, 0.15) is 18.9 Å². The molecule has 0 atom stereocenters. The van der Waals surface area contributed by atoms with Gasteiger partial charge in [0, 0.05) is 11.1 Å². The highest BCUT2D eigenvalue weighted by Crippen LogP contribution is 2.32. The number of hydrogen-bond acceptors (Lipinski definition) is 2. The van der Waals surface area contributed by atoms with Gasteiger partial charge in [-0.1, -0.05) is 42.5 Å². The standard InChI is InChI=1S/C17H12F4N2O/c18-13-8-4-7-12-15(11-5-2-1-3-6-11)22-9-14(24)23(16(12)13)10-17(19,20)21/h1-8H,9-10H2. The molecule has 0 saturated carbocycles. The number of carbonyl (C=O) groups excluding carboxylic acids is 1. The van der Waals surface area contributed by atoms with E-state index < -0.39 is 31.0 Å². The van der Waals surface area contributed by atoms with E-state index in [1.807, 2.05) is 0 Å².